The van der Waals surface area contributed by atoms with Crippen molar-refractivity contribution in [3.05, 3.63) is 70.4 Å². The minimum Gasteiger partial charge on any atom is -0.462 e. The van der Waals surface area contributed by atoms with Crippen molar-refractivity contribution in [1.29, 1.82) is 0 Å². The van der Waals surface area contributed by atoms with Crippen LogP contribution >= 0.6 is 11.6 Å². The van der Waals surface area contributed by atoms with Gasteiger partial charge in [-0.2, -0.15) is 0 Å². The second-order valence-corrected chi connectivity index (χ2v) is 6.16. The maximum Gasteiger partial charge on any atom is 0.341 e. The Hall–Kier alpha value is -2.59. The fraction of sp³-hybridized carbons (Fsp3) is 0.200. The Labute approximate surface area is 151 Å². The molecule has 0 amide bonds. The van der Waals surface area contributed by atoms with Crippen LogP contribution in [0.2, 0.25) is 5.02 Å². The van der Waals surface area contributed by atoms with E-state index in [-0.39, 0.29) is 0 Å². The summed E-state index contributed by atoms with van der Waals surface area (Å²) in [5.74, 6) is -0.398. The van der Waals surface area contributed by atoms with Gasteiger partial charge < -0.3 is 10.1 Å². The van der Waals surface area contributed by atoms with Gasteiger partial charge in [-0.15, -0.1) is 0 Å². The highest BCUT2D eigenvalue weighted by atomic mass is 35.5. The van der Waals surface area contributed by atoms with Crippen LogP contribution in [0, 0.1) is 6.92 Å². The zero-order chi connectivity index (χ0) is 17.8. The van der Waals surface area contributed by atoms with E-state index in [2.05, 4.69) is 10.3 Å². The molecule has 0 aliphatic rings. The average molecular weight is 355 g/mol. The SMILES string of the molecule is CCOC(=O)c1cnc2c(C)cc(Cl)cc2c1NCc1ccccc1. The predicted octanol–water partition coefficient (Wildman–Crippen LogP) is 4.99. The van der Waals surface area contributed by atoms with Crippen LogP contribution in [0.25, 0.3) is 10.9 Å². The summed E-state index contributed by atoms with van der Waals surface area (Å²) in [4.78, 5) is 16.8. The molecule has 0 bridgehead atoms. The number of pyridine rings is 1. The number of anilines is 1. The van der Waals surface area contributed by atoms with Gasteiger partial charge in [-0.1, -0.05) is 41.9 Å². The molecule has 4 nitrogen and oxygen atoms in total. The van der Waals surface area contributed by atoms with E-state index in [0.29, 0.717) is 29.4 Å². The molecule has 0 fully saturated rings. The third-order valence-electron chi connectivity index (χ3n) is 3.93. The number of carbonyl (C=O) groups is 1. The van der Waals surface area contributed by atoms with Crippen LogP contribution in [0.1, 0.15) is 28.4 Å². The first-order chi connectivity index (χ1) is 12.1. The highest BCUT2D eigenvalue weighted by Crippen LogP contribution is 2.31. The second-order valence-electron chi connectivity index (χ2n) is 5.73. The molecule has 1 aromatic heterocycles. The molecule has 25 heavy (non-hydrogen) atoms. The van der Waals surface area contributed by atoms with Crippen LogP contribution in [0.3, 0.4) is 0 Å². The summed E-state index contributed by atoms with van der Waals surface area (Å²) in [5.41, 5.74) is 3.99. The summed E-state index contributed by atoms with van der Waals surface area (Å²) in [7, 11) is 0. The molecule has 0 saturated carbocycles. The summed E-state index contributed by atoms with van der Waals surface area (Å²) in [6.45, 7) is 4.62. The normalized spacial score (nSPS) is 10.7. The number of esters is 1. The summed E-state index contributed by atoms with van der Waals surface area (Å²) < 4.78 is 5.18. The number of ether oxygens (including phenoxy) is 1. The molecule has 0 aliphatic carbocycles. The van der Waals surface area contributed by atoms with Gasteiger partial charge in [-0.05, 0) is 37.1 Å². The molecule has 0 unspecified atom stereocenters. The number of hydrogen-bond donors (Lipinski definition) is 1. The van der Waals surface area contributed by atoms with Crippen molar-refractivity contribution in [1.82, 2.24) is 4.98 Å². The third-order valence-corrected chi connectivity index (χ3v) is 4.15. The van der Waals surface area contributed by atoms with E-state index in [1.165, 1.54) is 0 Å². The summed E-state index contributed by atoms with van der Waals surface area (Å²) >= 11 is 6.23. The number of benzene rings is 2. The molecule has 0 atom stereocenters. The van der Waals surface area contributed by atoms with Crippen LogP contribution in [0.5, 0.6) is 0 Å². The summed E-state index contributed by atoms with van der Waals surface area (Å²) in [6, 6.07) is 13.7. The number of aryl methyl sites for hydroxylation is 1. The maximum absolute atomic E-state index is 12.4. The number of nitrogens with zero attached hydrogens (tertiary/aromatic N) is 1. The zero-order valence-corrected chi connectivity index (χ0v) is 14.9. The largest absolute Gasteiger partial charge is 0.462 e. The number of halogens is 1. The van der Waals surface area contributed by atoms with E-state index >= 15 is 0 Å². The first kappa shape index (κ1) is 17.2. The Morgan fingerprint density at radius 3 is 2.72 bits per heavy atom. The van der Waals surface area contributed by atoms with Crippen LogP contribution < -0.4 is 5.32 Å². The number of fused-ring (bicyclic) bond motifs is 1. The third kappa shape index (κ3) is 3.74. The number of rotatable bonds is 5. The molecule has 1 heterocycles. The Morgan fingerprint density at radius 2 is 2.00 bits per heavy atom. The van der Waals surface area contributed by atoms with Gasteiger partial charge in [-0.3, -0.25) is 4.98 Å². The van der Waals surface area contributed by atoms with E-state index in [4.69, 9.17) is 16.3 Å². The molecule has 0 spiro atoms. The van der Waals surface area contributed by atoms with Gasteiger partial charge in [0.15, 0.2) is 0 Å². The molecule has 0 saturated heterocycles. The van der Waals surface area contributed by atoms with E-state index in [0.717, 1.165) is 22.0 Å². The molecule has 0 radical (unpaired) electrons. The van der Waals surface area contributed by atoms with E-state index in [9.17, 15) is 4.79 Å². The van der Waals surface area contributed by atoms with Gasteiger partial charge in [-0.25, -0.2) is 4.79 Å². The van der Waals surface area contributed by atoms with Crippen molar-refractivity contribution in [2.24, 2.45) is 0 Å². The van der Waals surface area contributed by atoms with Crippen molar-refractivity contribution in [2.75, 3.05) is 11.9 Å². The van der Waals surface area contributed by atoms with Gasteiger partial charge in [0.2, 0.25) is 0 Å². The Morgan fingerprint density at radius 1 is 1.24 bits per heavy atom. The van der Waals surface area contributed by atoms with Crippen molar-refractivity contribution in [2.45, 2.75) is 20.4 Å². The zero-order valence-electron chi connectivity index (χ0n) is 14.2. The Bertz CT molecular complexity index is 910. The van der Waals surface area contributed by atoms with Crippen LogP contribution in [0.4, 0.5) is 5.69 Å². The molecular formula is C20H19ClN2O2. The lowest BCUT2D eigenvalue weighted by atomic mass is 10.1. The minimum absolute atomic E-state index is 0.309. The van der Waals surface area contributed by atoms with Crippen LogP contribution in [-0.4, -0.2) is 17.6 Å². The van der Waals surface area contributed by atoms with Gasteiger partial charge in [0.05, 0.1) is 17.8 Å². The number of aromatic nitrogens is 1. The van der Waals surface area contributed by atoms with E-state index in [1.54, 1.807) is 13.1 Å². The molecule has 3 aromatic rings. The minimum atomic E-state index is -0.398. The molecular weight excluding hydrogens is 336 g/mol. The van der Waals surface area contributed by atoms with Crippen molar-refractivity contribution >= 4 is 34.2 Å². The Balaban J connectivity index is 2.09. The first-order valence-electron chi connectivity index (χ1n) is 8.14. The van der Waals surface area contributed by atoms with Gasteiger partial charge >= 0.3 is 5.97 Å². The maximum atomic E-state index is 12.4. The fourth-order valence-electron chi connectivity index (χ4n) is 2.78. The van der Waals surface area contributed by atoms with E-state index in [1.807, 2.05) is 49.4 Å². The molecule has 0 aliphatic heterocycles. The van der Waals surface area contributed by atoms with Crippen molar-refractivity contribution in [3.8, 4) is 0 Å². The van der Waals surface area contributed by atoms with Crippen molar-refractivity contribution < 1.29 is 9.53 Å². The fourth-order valence-corrected chi connectivity index (χ4v) is 3.05. The van der Waals surface area contributed by atoms with Gasteiger partial charge in [0.25, 0.3) is 0 Å². The highest BCUT2D eigenvalue weighted by molar-refractivity contribution is 6.31. The lowest BCUT2D eigenvalue weighted by molar-refractivity contribution is 0.0527. The predicted molar refractivity (Wildman–Crippen MR) is 101 cm³/mol. The summed E-state index contributed by atoms with van der Waals surface area (Å²) in [6.07, 6.45) is 1.56. The summed E-state index contributed by atoms with van der Waals surface area (Å²) in [5, 5.41) is 4.79. The highest BCUT2D eigenvalue weighted by Gasteiger charge is 2.18. The molecule has 2 aromatic carbocycles. The quantitative estimate of drug-likeness (QED) is 0.656. The van der Waals surface area contributed by atoms with Crippen molar-refractivity contribution in [3.63, 3.8) is 0 Å². The van der Waals surface area contributed by atoms with Gasteiger partial charge in [0, 0.05) is 23.2 Å². The topological polar surface area (TPSA) is 51.2 Å². The number of carbonyl (C=O) groups excluding carboxylic acids is 1. The average Bonchev–Trinajstić information content (AvgIpc) is 2.60. The molecule has 5 heteroatoms. The first-order valence-corrected chi connectivity index (χ1v) is 8.51. The lowest BCUT2D eigenvalue weighted by Crippen LogP contribution is -2.11. The number of nitrogens with one attached hydrogen (secondary N) is 1. The molecule has 1 N–H and O–H groups in total. The standard InChI is InChI=1S/C20H19ClN2O2/c1-3-25-20(24)17-12-23-18-13(2)9-15(21)10-16(18)19(17)22-11-14-7-5-4-6-8-14/h4-10,12H,3,11H2,1-2H3,(H,22,23). The smallest absolute Gasteiger partial charge is 0.341 e. The lowest BCUT2D eigenvalue weighted by Gasteiger charge is -2.15. The van der Waals surface area contributed by atoms with Crippen LogP contribution in [-0.2, 0) is 11.3 Å². The molecule has 128 valence electrons. The van der Waals surface area contributed by atoms with E-state index < -0.39 is 5.97 Å². The number of hydrogen-bond acceptors (Lipinski definition) is 4. The molecule has 3 rings (SSSR count). The van der Waals surface area contributed by atoms with Gasteiger partial charge in [0.1, 0.15) is 5.56 Å². The Kier molecular flexibility index (Phi) is 5.19. The second kappa shape index (κ2) is 7.53. The monoisotopic (exact) mass is 354 g/mol. The van der Waals surface area contributed by atoms with Crippen LogP contribution in [0.15, 0.2) is 48.7 Å².